The van der Waals surface area contributed by atoms with Crippen LogP contribution in [-0.4, -0.2) is 41.0 Å². The lowest BCUT2D eigenvalue weighted by atomic mass is 9.98. The number of piperidine rings is 1. The molecule has 0 aliphatic carbocycles. The number of hydrogen-bond donors (Lipinski definition) is 4. The van der Waals surface area contributed by atoms with E-state index in [-0.39, 0.29) is 11.8 Å². The fourth-order valence-corrected chi connectivity index (χ4v) is 4.50. The van der Waals surface area contributed by atoms with E-state index >= 15 is 0 Å². The predicted octanol–water partition coefficient (Wildman–Crippen LogP) is 4.82. The second-order valence-corrected chi connectivity index (χ2v) is 9.68. The van der Waals surface area contributed by atoms with E-state index in [9.17, 15) is 14.7 Å². The van der Waals surface area contributed by atoms with E-state index in [1.807, 2.05) is 53.4 Å². The van der Waals surface area contributed by atoms with Crippen LogP contribution in [0.25, 0.3) is 6.08 Å². The Kier molecular flexibility index (Phi) is 8.53. The molecule has 1 aliphatic heterocycles. The number of likely N-dealkylation sites (tertiary alicyclic amines) is 1. The first-order chi connectivity index (χ1) is 17.4. The van der Waals surface area contributed by atoms with Crippen LogP contribution < -0.4 is 16.4 Å². The zero-order valence-corrected chi connectivity index (χ0v) is 21.3. The fourth-order valence-electron chi connectivity index (χ4n) is 4.24. The molecule has 1 heterocycles. The average molecular weight is 549 g/mol. The van der Waals surface area contributed by atoms with Crippen molar-refractivity contribution in [2.24, 2.45) is 0 Å². The number of nitrogens with zero attached hydrogens (tertiary/aromatic N) is 1. The molecule has 4 rings (SSSR count). The number of rotatable bonds is 7. The maximum Gasteiger partial charge on any atom is 0.248 e. The topological polar surface area (TPSA) is 108 Å². The molecule has 2 amide bonds. The predicted molar refractivity (Wildman–Crippen MR) is 147 cm³/mol. The van der Waals surface area contributed by atoms with Crippen LogP contribution in [-0.2, 0) is 9.59 Å². The Hall–Kier alpha value is -3.46. The van der Waals surface area contributed by atoms with E-state index in [0.29, 0.717) is 23.6 Å². The largest absolute Gasteiger partial charge is 0.397 e. The Morgan fingerprint density at radius 2 is 1.75 bits per heavy atom. The molecular formula is C28H29BrN4O3. The quantitative estimate of drug-likeness (QED) is 0.250. The van der Waals surface area contributed by atoms with Gasteiger partial charge in [-0.3, -0.25) is 14.5 Å². The Balaban J connectivity index is 1.49. The molecule has 5 N–H and O–H groups in total. The smallest absolute Gasteiger partial charge is 0.248 e. The van der Waals surface area contributed by atoms with Crippen molar-refractivity contribution < 1.29 is 14.7 Å². The van der Waals surface area contributed by atoms with Crippen molar-refractivity contribution in [3.05, 3.63) is 94.5 Å². The molecule has 0 bridgehead atoms. The third-order valence-electron chi connectivity index (χ3n) is 6.05. The summed E-state index contributed by atoms with van der Waals surface area (Å²) < 4.78 is 0.931. The number of amides is 2. The second-order valence-electron chi connectivity index (χ2n) is 8.77. The number of hydrogen-bond acceptors (Lipinski definition) is 5. The lowest BCUT2D eigenvalue weighted by Crippen LogP contribution is -2.44. The van der Waals surface area contributed by atoms with Gasteiger partial charge in [-0.05, 0) is 73.0 Å². The van der Waals surface area contributed by atoms with Crippen molar-refractivity contribution >= 4 is 50.9 Å². The van der Waals surface area contributed by atoms with Crippen molar-refractivity contribution in [3.63, 3.8) is 0 Å². The summed E-state index contributed by atoms with van der Waals surface area (Å²) in [5.74, 6) is -0.444. The number of aliphatic hydroxyl groups is 1. The van der Waals surface area contributed by atoms with Gasteiger partial charge in [-0.2, -0.15) is 0 Å². The normalized spacial score (nSPS) is 17.0. The van der Waals surface area contributed by atoms with Gasteiger partial charge in [0.2, 0.25) is 11.8 Å². The lowest BCUT2D eigenvalue weighted by Gasteiger charge is -2.36. The number of nitrogens with one attached hydrogen (secondary N) is 2. The van der Waals surface area contributed by atoms with Crippen molar-refractivity contribution in [2.75, 3.05) is 29.5 Å². The minimum absolute atomic E-state index is 0.158. The van der Waals surface area contributed by atoms with Crippen molar-refractivity contribution in [1.29, 1.82) is 0 Å². The number of para-hydroxylation sites is 2. The van der Waals surface area contributed by atoms with Crippen LogP contribution in [0.2, 0.25) is 0 Å². The van der Waals surface area contributed by atoms with Gasteiger partial charge in [-0.1, -0.05) is 52.3 Å². The van der Waals surface area contributed by atoms with Gasteiger partial charge in [0.05, 0.1) is 17.5 Å². The molecule has 1 aliphatic rings. The number of anilines is 3. The highest BCUT2D eigenvalue weighted by atomic mass is 79.9. The number of β-amino-alcohol motifs (C(OH)–C–C–N with tert-alkyl or cyclic N) is 1. The number of aliphatic hydroxyl groups excluding tert-OH is 1. The first kappa shape index (κ1) is 25.6. The summed E-state index contributed by atoms with van der Waals surface area (Å²) >= 11 is 3.41. The molecule has 0 radical (unpaired) electrons. The number of carbonyl (C=O) groups excluding carboxylic acids is 2. The van der Waals surface area contributed by atoms with Crippen molar-refractivity contribution in [2.45, 2.75) is 25.0 Å². The number of halogens is 1. The Morgan fingerprint density at radius 1 is 1.03 bits per heavy atom. The molecule has 1 fully saturated rings. The van der Waals surface area contributed by atoms with Crippen LogP contribution in [0.15, 0.2) is 83.3 Å². The minimum atomic E-state index is -0.550. The highest BCUT2D eigenvalue weighted by Crippen LogP contribution is 2.27. The minimum Gasteiger partial charge on any atom is -0.397 e. The Labute approximate surface area is 219 Å². The van der Waals surface area contributed by atoms with Gasteiger partial charge < -0.3 is 21.5 Å². The number of nitrogens with two attached hydrogens (primary N) is 1. The van der Waals surface area contributed by atoms with E-state index in [0.717, 1.165) is 35.0 Å². The molecule has 2 atom stereocenters. The van der Waals surface area contributed by atoms with Crippen LogP contribution in [0.4, 0.5) is 17.1 Å². The number of carbonyl (C=O) groups is 2. The molecule has 0 saturated carbocycles. The highest BCUT2D eigenvalue weighted by Gasteiger charge is 2.31. The van der Waals surface area contributed by atoms with Crippen LogP contribution in [0, 0.1) is 0 Å². The first-order valence-corrected chi connectivity index (χ1v) is 12.6. The maximum atomic E-state index is 13.4. The van der Waals surface area contributed by atoms with E-state index in [4.69, 9.17) is 5.73 Å². The van der Waals surface area contributed by atoms with Crippen molar-refractivity contribution in [1.82, 2.24) is 4.90 Å². The number of nitrogen functional groups attached to an aromatic ring is 1. The van der Waals surface area contributed by atoms with Gasteiger partial charge in [0.1, 0.15) is 6.04 Å². The van der Waals surface area contributed by atoms with Crippen LogP contribution >= 0.6 is 15.9 Å². The molecule has 1 saturated heterocycles. The lowest BCUT2D eigenvalue weighted by molar-refractivity contribution is -0.122. The third kappa shape index (κ3) is 6.81. The summed E-state index contributed by atoms with van der Waals surface area (Å²) in [5.41, 5.74) is 9.28. The summed E-state index contributed by atoms with van der Waals surface area (Å²) in [4.78, 5) is 27.7. The summed E-state index contributed by atoms with van der Waals surface area (Å²) in [7, 11) is 0. The van der Waals surface area contributed by atoms with Crippen LogP contribution in [0.5, 0.6) is 0 Å². The summed E-state index contributed by atoms with van der Waals surface area (Å²) in [6, 6.07) is 21.5. The maximum absolute atomic E-state index is 13.4. The van der Waals surface area contributed by atoms with Gasteiger partial charge in [-0.25, -0.2) is 0 Å². The van der Waals surface area contributed by atoms with Crippen LogP contribution in [0.3, 0.4) is 0 Å². The second kappa shape index (κ2) is 12.0. The van der Waals surface area contributed by atoms with E-state index in [1.54, 1.807) is 30.3 Å². The average Bonchev–Trinajstić information content (AvgIpc) is 2.87. The van der Waals surface area contributed by atoms with Crippen molar-refractivity contribution in [3.8, 4) is 0 Å². The molecule has 7 nitrogen and oxygen atoms in total. The summed E-state index contributed by atoms with van der Waals surface area (Å²) in [6.45, 7) is 1.16. The zero-order valence-electron chi connectivity index (χ0n) is 19.7. The Bertz CT molecular complexity index is 1230. The van der Waals surface area contributed by atoms with Gasteiger partial charge in [0.25, 0.3) is 0 Å². The highest BCUT2D eigenvalue weighted by molar-refractivity contribution is 9.10. The standard InChI is InChI=1S/C28H29BrN4O3/c29-21-12-14-22(15-13-21)31-28(36)27(33-17-3-4-23(34)18-33)20-10-7-19(8-11-20)9-16-26(35)32-25-6-2-1-5-24(25)30/h1-2,5-16,23,27,34H,3-4,17-18,30H2,(H,31,36)(H,32,35)/b16-9+. The molecule has 3 aromatic rings. The van der Waals surface area contributed by atoms with E-state index in [2.05, 4.69) is 26.6 Å². The third-order valence-corrected chi connectivity index (χ3v) is 6.58. The molecule has 3 aromatic carbocycles. The molecule has 186 valence electrons. The summed E-state index contributed by atoms with van der Waals surface area (Å²) in [5, 5.41) is 16.0. The molecule has 36 heavy (non-hydrogen) atoms. The molecule has 0 aromatic heterocycles. The molecule has 2 unspecified atom stereocenters. The Morgan fingerprint density at radius 3 is 2.44 bits per heavy atom. The first-order valence-electron chi connectivity index (χ1n) is 11.8. The van der Waals surface area contributed by atoms with E-state index in [1.165, 1.54) is 6.08 Å². The SMILES string of the molecule is Nc1ccccc1NC(=O)/C=C/c1ccc(C(C(=O)Nc2ccc(Br)cc2)N2CCCC(O)C2)cc1. The van der Waals surface area contributed by atoms with Gasteiger partial charge >= 0.3 is 0 Å². The zero-order chi connectivity index (χ0) is 25.5. The monoisotopic (exact) mass is 548 g/mol. The van der Waals surface area contributed by atoms with E-state index < -0.39 is 12.1 Å². The van der Waals surface area contributed by atoms with Gasteiger partial charge in [-0.15, -0.1) is 0 Å². The molecule has 8 heteroatoms. The molecular weight excluding hydrogens is 520 g/mol. The van der Waals surface area contributed by atoms with Crippen LogP contribution in [0.1, 0.15) is 30.0 Å². The fraction of sp³-hybridized carbons (Fsp3) is 0.214. The van der Waals surface area contributed by atoms with Gasteiger partial charge in [0, 0.05) is 22.8 Å². The number of benzene rings is 3. The molecule has 0 spiro atoms. The summed E-state index contributed by atoms with van der Waals surface area (Å²) in [6.07, 6.45) is 4.25. The van der Waals surface area contributed by atoms with Gasteiger partial charge in [0.15, 0.2) is 0 Å².